The van der Waals surface area contributed by atoms with E-state index in [0.29, 0.717) is 13.2 Å². The Labute approximate surface area is 121 Å². The van der Waals surface area contributed by atoms with Crippen LogP contribution in [0.4, 0.5) is 0 Å². The fourth-order valence-corrected chi connectivity index (χ4v) is 2.64. The normalized spacial score (nSPS) is 15.4. The van der Waals surface area contributed by atoms with Crippen molar-refractivity contribution in [3.05, 3.63) is 45.0 Å². The molecule has 3 nitrogen and oxygen atoms in total. The van der Waals surface area contributed by atoms with Crippen LogP contribution in [0.25, 0.3) is 0 Å². The first kappa shape index (κ1) is 13.5. The summed E-state index contributed by atoms with van der Waals surface area (Å²) in [5.41, 5.74) is 2.08. The van der Waals surface area contributed by atoms with Crippen molar-refractivity contribution in [1.82, 2.24) is 4.90 Å². The van der Waals surface area contributed by atoms with E-state index in [4.69, 9.17) is 4.74 Å². The van der Waals surface area contributed by atoms with E-state index in [1.54, 1.807) is 7.11 Å². The summed E-state index contributed by atoms with van der Waals surface area (Å²) in [5.74, 6) is 0.118. The quantitative estimate of drug-likeness (QED) is 0.615. The lowest BCUT2D eigenvalue weighted by molar-refractivity contribution is 0.0764. The van der Waals surface area contributed by atoms with E-state index in [-0.39, 0.29) is 5.91 Å². The largest absolute Gasteiger partial charge is 0.380 e. The Kier molecular flexibility index (Phi) is 4.77. The molecule has 1 heterocycles. The van der Waals surface area contributed by atoms with Crippen LogP contribution >= 0.6 is 22.6 Å². The van der Waals surface area contributed by atoms with E-state index in [1.807, 2.05) is 29.2 Å². The molecule has 0 aromatic heterocycles. The second-order valence-electron chi connectivity index (χ2n) is 4.28. The summed E-state index contributed by atoms with van der Waals surface area (Å²) in [4.78, 5) is 14.2. The van der Waals surface area contributed by atoms with Gasteiger partial charge in [-0.15, -0.1) is 0 Å². The highest BCUT2D eigenvalue weighted by atomic mass is 127. The number of rotatable bonds is 3. The highest BCUT2D eigenvalue weighted by Gasteiger charge is 2.19. The average molecular weight is 357 g/mol. The first-order valence-corrected chi connectivity index (χ1v) is 7.01. The zero-order valence-corrected chi connectivity index (χ0v) is 12.5. The second-order valence-corrected chi connectivity index (χ2v) is 5.44. The Hall–Kier alpha value is -0.880. The van der Waals surface area contributed by atoms with Gasteiger partial charge >= 0.3 is 0 Å². The predicted octanol–water partition coefficient (Wildman–Crippen LogP) is 2.71. The first-order valence-electron chi connectivity index (χ1n) is 5.93. The fourth-order valence-electron chi connectivity index (χ4n) is 2.02. The molecule has 0 saturated heterocycles. The molecule has 0 fully saturated rings. The van der Waals surface area contributed by atoms with Crippen molar-refractivity contribution in [3.8, 4) is 0 Å². The van der Waals surface area contributed by atoms with Crippen LogP contribution in [0, 0.1) is 3.57 Å². The molecule has 0 unspecified atom stereocenters. The van der Waals surface area contributed by atoms with Crippen molar-refractivity contribution in [2.24, 2.45) is 0 Å². The Morgan fingerprint density at radius 3 is 2.83 bits per heavy atom. The lowest BCUT2D eigenvalue weighted by atomic mass is 10.1. The molecule has 96 valence electrons. The summed E-state index contributed by atoms with van der Waals surface area (Å²) in [7, 11) is 1.70. The average Bonchev–Trinajstić information content (AvgIpc) is 2.40. The predicted molar refractivity (Wildman–Crippen MR) is 79.6 cm³/mol. The van der Waals surface area contributed by atoms with Crippen molar-refractivity contribution in [1.29, 1.82) is 0 Å². The van der Waals surface area contributed by atoms with Crippen LogP contribution in [-0.4, -0.2) is 37.6 Å². The SMILES string of the molecule is COCC1=CCN(C(=O)c2ccccc2I)CC1. The van der Waals surface area contributed by atoms with Crippen molar-refractivity contribution in [3.63, 3.8) is 0 Å². The molecular formula is C14H16INO2. The molecule has 2 rings (SSSR count). The van der Waals surface area contributed by atoms with Gasteiger partial charge in [0, 0.05) is 23.8 Å². The number of nitrogens with zero attached hydrogens (tertiary/aromatic N) is 1. The van der Waals surface area contributed by atoms with Gasteiger partial charge in [0.1, 0.15) is 0 Å². The van der Waals surface area contributed by atoms with E-state index in [1.165, 1.54) is 5.57 Å². The van der Waals surface area contributed by atoms with E-state index in [9.17, 15) is 4.79 Å². The van der Waals surface area contributed by atoms with Crippen molar-refractivity contribution >= 4 is 28.5 Å². The maximum Gasteiger partial charge on any atom is 0.255 e. The van der Waals surface area contributed by atoms with Crippen LogP contribution in [0.2, 0.25) is 0 Å². The third-order valence-corrected chi connectivity index (χ3v) is 3.97. The van der Waals surface area contributed by atoms with E-state index in [0.717, 1.165) is 22.1 Å². The maximum absolute atomic E-state index is 12.3. The van der Waals surface area contributed by atoms with Gasteiger partial charge in [-0.3, -0.25) is 4.79 Å². The lowest BCUT2D eigenvalue weighted by Gasteiger charge is -2.26. The monoisotopic (exact) mass is 357 g/mol. The zero-order chi connectivity index (χ0) is 13.0. The van der Waals surface area contributed by atoms with Gasteiger partial charge in [0.15, 0.2) is 0 Å². The summed E-state index contributed by atoms with van der Waals surface area (Å²) >= 11 is 2.21. The van der Waals surface area contributed by atoms with E-state index < -0.39 is 0 Å². The van der Waals surface area contributed by atoms with Crippen LogP contribution in [0.5, 0.6) is 0 Å². The minimum Gasteiger partial charge on any atom is -0.380 e. The number of halogens is 1. The topological polar surface area (TPSA) is 29.5 Å². The number of hydrogen-bond acceptors (Lipinski definition) is 2. The van der Waals surface area contributed by atoms with Crippen LogP contribution in [0.15, 0.2) is 35.9 Å². The first-order chi connectivity index (χ1) is 8.72. The molecule has 0 aliphatic carbocycles. The smallest absolute Gasteiger partial charge is 0.255 e. The molecule has 0 radical (unpaired) electrons. The van der Waals surface area contributed by atoms with Gasteiger partial charge in [0.2, 0.25) is 0 Å². The molecule has 1 aromatic rings. The molecule has 0 saturated carbocycles. The molecule has 1 aliphatic rings. The Morgan fingerprint density at radius 1 is 1.44 bits per heavy atom. The van der Waals surface area contributed by atoms with Gasteiger partial charge in [0.25, 0.3) is 5.91 Å². The molecule has 18 heavy (non-hydrogen) atoms. The molecule has 1 aliphatic heterocycles. The molecule has 0 atom stereocenters. The summed E-state index contributed by atoms with van der Waals surface area (Å²) in [6.07, 6.45) is 3.00. The standard InChI is InChI=1S/C14H16INO2/c1-18-10-11-6-8-16(9-7-11)14(17)12-4-2-3-5-13(12)15/h2-6H,7-10H2,1H3. The Balaban J connectivity index is 2.06. The van der Waals surface area contributed by atoms with Crippen molar-refractivity contribution < 1.29 is 9.53 Å². The number of hydrogen-bond donors (Lipinski definition) is 0. The molecule has 4 heteroatoms. The third-order valence-electron chi connectivity index (χ3n) is 3.02. The van der Waals surface area contributed by atoms with Crippen LogP contribution in [0.1, 0.15) is 16.8 Å². The van der Waals surface area contributed by atoms with Crippen molar-refractivity contribution in [2.75, 3.05) is 26.8 Å². The lowest BCUT2D eigenvalue weighted by Crippen LogP contribution is -2.35. The van der Waals surface area contributed by atoms with E-state index >= 15 is 0 Å². The van der Waals surface area contributed by atoms with Crippen LogP contribution in [0.3, 0.4) is 0 Å². The molecule has 0 N–H and O–H groups in total. The molecular weight excluding hydrogens is 341 g/mol. The minimum absolute atomic E-state index is 0.118. The zero-order valence-electron chi connectivity index (χ0n) is 10.4. The molecule has 1 amide bonds. The van der Waals surface area contributed by atoms with Crippen molar-refractivity contribution in [2.45, 2.75) is 6.42 Å². The number of carbonyl (C=O) groups excluding carboxylic acids is 1. The van der Waals surface area contributed by atoms with Gasteiger partial charge in [0.05, 0.1) is 12.2 Å². The number of methoxy groups -OCH3 is 1. The van der Waals surface area contributed by atoms with Crippen LogP contribution < -0.4 is 0 Å². The number of amides is 1. The van der Waals surface area contributed by atoms with Crippen LogP contribution in [-0.2, 0) is 4.74 Å². The number of benzene rings is 1. The summed E-state index contributed by atoms with van der Waals surface area (Å²) in [6.45, 7) is 2.13. The third kappa shape index (κ3) is 3.11. The highest BCUT2D eigenvalue weighted by Crippen LogP contribution is 2.17. The van der Waals surface area contributed by atoms with E-state index in [2.05, 4.69) is 28.7 Å². The highest BCUT2D eigenvalue weighted by molar-refractivity contribution is 14.1. The summed E-state index contributed by atoms with van der Waals surface area (Å²) < 4.78 is 6.11. The number of carbonyl (C=O) groups is 1. The molecule has 0 bridgehead atoms. The van der Waals surface area contributed by atoms with Gasteiger partial charge in [-0.05, 0) is 46.7 Å². The minimum atomic E-state index is 0.118. The van der Waals surface area contributed by atoms with Gasteiger partial charge in [-0.1, -0.05) is 18.2 Å². The maximum atomic E-state index is 12.3. The Morgan fingerprint density at radius 2 is 2.22 bits per heavy atom. The summed E-state index contributed by atoms with van der Waals surface area (Å²) in [5, 5.41) is 0. The van der Waals surface area contributed by atoms with Gasteiger partial charge in [-0.25, -0.2) is 0 Å². The molecule has 0 spiro atoms. The van der Waals surface area contributed by atoms with Gasteiger partial charge < -0.3 is 9.64 Å². The Bertz CT molecular complexity index is 471. The summed E-state index contributed by atoms with van der Waals surface area (Å²) in [6, 6.07) is 7.71. The second kappa shape index (κ2) is 6.33. The molecule has 1 aromatic carbocycles. The fraction of sp³-hybridized carbons (Fsp3) is 0.357. The number of ether oxygens (including phenoxy) is 1. The van der Waals surface area contributed by atoms with Gasteiger partial charge in [-0.2, -0.15) is 0 Å².